The van der Waals surface area contributed by atoms with Crippen LogP contribution in [0.3, 0.4) is 0 Å². The van der Waals surface area contributed by atoms with Crippen LogP contribution in [-0.2, 0) is 9.59 Å². The van der Waals surface area contributed by atoms with E-state index in [2.05, 4.69) is 17.1 Å². The summed E-state index contributed by atoms with van der Waals surface area (Å²) in [7, 11) is 0. The van der Waals surface area contributed by atoms with E-state index in [1.165, 1.54) is 25.8 Å². The van der Waals surface area contributed by atoms with Crippen molar-refractivity contribution in [3.63, 3.8) is 0 Å². The normalized spacial score (nSPS) is 24.1. The highest BCUT2D eigenvalue weighted by molar-refractivity contribution is 5.85. The third kappa shape index (κ3) is 4.47. The average Bonchev–Trinajstić information content (AvgIpc) is 2.82. The number of hydrogen-bond donors (Lipinski definition) is 1. The van der Waals surface area contributed by atoms with Crippen molar-refractivity contribution in [3.8, 4) is 0 Å². The van der Waals surface area contributed by atoms with E-state index in [-0.39, 0.29) is 18.4 Å². The lowest BCUT2D eigenvalue weighted by atomic mass is 10.0. The van der Waals surface area contributed by atoms with Gasteiger partial charge in [0.05, 0.1) is 6.54 Å². The highest BCUT2D eigenvalue weighted by atomic mass is 16.2. The molecule has 114 valence electrons. The molecule has 0 spiro atoms. The van der Waals surface area contributed by atoms with E-state index in [1.54, 1.807) is 4.90 Å². The SMILES string of the molecule is CC1CCCCN1CCCNC(=O)CN1CCCC1=O. The van der Waals surface area contributed by atoms with Gasteiger partial charge >= 0.3 is 0 Å². The van der Waals surface area contributed by atoms with Crippen molar-refractivity contribution in [2.24, 2.45) is 0 Å². The fourth-order valence-corrected chi connectivity index (χ4v) is 3.10. The molecule has 5 nitrogen and oxygen atoms in total. The molecule has 2 aliphatic heterocycles. The second-order valence-electron chi connectivity index (χ2n) is 6.00. The highest BCUT2D eigenvalue weighted by Crippen LogP contribution is 2.16. The van der Waals surface area contributed by atoms with Gasteiger partial charge in [-0.3, -0.25) is 9.59 Å². The van der Waals surface area contributed by atoms with Gasteiger partial charge in [0.2, 0.25) is 11.8 Å². The minimum absolute atomic E-state index is 0.0213. The van der Waals surface area contributed by atoms with Crippen LogP contribution in [0.25, 0.3) is 0 Å². The number of hydrogen-bond acceptors (Lipinski definition) is 3. The molecule has 0 aromatic rings. The van der Waals surface area contributed by atoms with Crippen LogP contribution in [0.2, 0.25) is 0 Å². The molecule has 0 saturated carbocycles. The van der Waals surface area contributed by atoms with Crippen molar-refractivity contribution >= 4 is 11.8 Å². The predicted molar refractivity (Wildman–Crippen MR) is 78.3 cm³/mol. The summed E-state index contributed by atoms with van der Waals surface area (Å²) >= 11 is 0. The molecule has 2 amide bonds. The lowest BCUT2D eigenvalue weighted by Gasteiger charge is -2.33. The molecule has 0 aliphatic carbocycles. The summed E-state index contributed by atoms with van der Waals surface area (Å²) in [6.45, 7) is 6.22. The molecule has 2 rings (SSSR count). The second kappa shape index (κ2) is 7.62. The molecule has 2 fully saturated rings. The van der Waals surface area contributed by atoms with E-state index in [0.717, 1.165) is 25.9 Å². The summed E-state index contributed by atoms with van der Waals surface area (Å²) in [5.41, 5.74) is 0. The zero-order chi connectivity index (χ0) is 14.4. The lowest BCUT2D eigenvalue weighted by Crippen LogP contribution is -2.41. The minimum atomic E-state index is -0.0213. The molecule has 2 saturated heterocycles. The predicted octanol–water partition coefficient (Wildman–Crippen LogP) is 0.989. The van der Waals surface area contributed by atoms with Crippen LogP contribution in [0.1, 0.15) is 45.4 Å². The van der Waals surface area contributed by atoms with Crippen LogP contribution >= 0.6 is 0 Å². The first-order chi connectivity index (χ1) is 9.66. The number of carbonyl (C=O) groups excluding carboxylic acids is 2. The first kappa shape index (κ1) is 15.3. The van der Waals surface area contributed by atoms with Gasteiger partial charge in [-0.15, -0.1) is 0 Å². The van der Waals surface area contributed by atoms with E-state index in [1.807, 2.05) is 0 Å². The van der Waals surface area contributed by atoms with Crippen LogP contribution in [0.15, 0.2) is 0 Å². The van der Waals surface area contributed by atoms with Crippen LogP contribution < -0.4 is 5.32 Å². The Balaban J connectivity index is 1.56. The van der Waals surface area contributed by atoms with Crippen molar-refractivity contribution in [2.45, 2.75) is 51.5 Å². The summed E-state index contributed by atoms with van der Waals surface area (Å²) < 4.78 is 0. The number of nitrogens with zero attached hydrogens (tertiary/aromatic N) is 2. The molecule has 0 bridgehead atoms. The van der Waals surface area contributed by atoms with Gasteiger partial charge in [0.15, 0.2) is 0 Å². The zero-order valence-corrected chi connectivity index (χ0v) is 12.6. The molecular formula is C15H27N3O2. The quantitative estimate of drug-likeness (QED) is 0.739. The third-order valence-corrected chi connectivity index (χ3v) is 4.39. The van der Waals surface area contributed by atoms with E-state index in [0.29, 0.717) is 19.0 Å². The maximum atomic E-state index is 11.7. The van der Waals surface area contributed by atoms with Crippen LogP contribution in [0.4, 0.5) is 0 Å². The number of piperidine rings is 1. The van der Waals surface area contributed by atoms with E-state index >= 15 is 0 Å². The molecule has 0 radical (unpaired) electrons. The van der Waals surface area contributed by atoms with Crippen LogP contribution in [-0.4, -0.2) is 60.4 Å². The summed E-state index contributed by atoms with van der Waals surface area (Å²) in [6.07, 6.45) is 6.42. The van der Waals surface area contributed by atoms with Gasteiger partial charge in [-0.2, -0.15) is 0 Å². The fourth-order valence-electron chi connectivity index (χ4n) is 3.10. The molecule has 2 aliphatic rings. The Kier molecular flexibility index (Phi) is 5.83. The van der Waals surface area contributed by atoms with Crippen molar-refractivity contribution < 1.29 is 9.59 Å². The van der Waals surface area contributed by atoms with Crippen molar-refractivity contribution in [1.82, 2.24) is 15.1 Å². The van der Waals surface area contributed by atoms with Gasteiger partial charge in [0.1, 0.15) is 0 Å². The number of amides is 2. The van der Waals surface area contributed by atoms with Crippen molar-refractivity contribution in [2.75, 3.05) is 32.7 Å². The molecule has 1 atom stereocenters. The van der Waals surface area contributed by atoms with Gasteiger partial charge < -0.3 is 15.1 Å². The molecule has 20 heavy (non-hydrogen) atoms. The van der Waals surface area contributed by atoms with Gasteiger partial charge in [-0.1, -0.05) is 6.42 Å². The summed E-state index contributed by atoms with van der Waals surface area (Å²) in [5.74, 6) is 0.0919. The first-order valence-corrected chi connectivity index (χ1v) is 7.95. The van der Waals surface area contributed by atoms with Gasteiger partial charge in [-0.25, -0.2) is 0 Å². The second-order valence-corrected chi connectivity index (χ2v) is 6.00. The largest absolute Gasteiger partial charge is 0.355 e. The van der Waals surface area contributed by atoms with E-state index in [4.69, 9.17) is 0 Å². The molecule has 1 unspecified atom stereocenters. The molecular weight excluding hydrogens is 254 g/mol. The molecule has 0 aromatic carbocycles. The molecule has 1 N–H and O–H groups in total. The summed E-state index contributed by atoms with van der Waals surface area (Å²) in [6, 6.07) is 0.682. The zero-order valence-electron chi connectivity index (χ0n) is 12.6. The van der Waals surface area contributed by atoms with Crippen LogP contribution in [0.5, 0.6) is 0 Å². The standard InChI is InChI=1S/C15H27N3O2/c1-13-6-2-3-9-17(13)11-5-8-16-14(19)12-18-10-4-7-15(18)20/h13H,2-12H2,1H3,(H,16,19). The summed E-state index contributed by atoms with van der Waals surface area (Å²) in [5, 5.41) is 2.93. The Hall–Kier alpha value is -1.10. The Morgan fingerprint density at radius 1 is 1.30 bits per heavy atom. The first-order valence-electron chi connectivity index (χ1n) is 7.95. The lowest BCUT2D eigenvalue weighted by molar-refractivity contribution is -0.133. The maximum Gasteiger partial charge on any atom is 0.239 e. The molecule has 2 heterocycles. The fraction of sp³-hybridized carbons (Fsp3) is 0.867. The Morgan fingerprint density at radius 2 is 2.15 bits per heavy atom. The minimum Gasteiger partial charge on any atom is -0.355 e. The third-order valence-electron chi connectivity index (χ3n) is 4.39. The molecule has 5 heteroatoms. The monoisotopic (exact) mass is 281 g/mol. The Morgan fingerprint density at radius 3 is 2.85 bits per heavy atom. The van der Waals surface area contributed by atoms with Gasteiger partial charge in [-0.05, 0) is 39.2 Å². The average molecular weight is 281 g/mol. The number of likely N-dealkylation sites (tertiary alicyclic amines) is 2. The Labute approximate surface area is 121 Å². The maximum absolute atomic E-state index is 11.7. The Bertz CT molecular complexity index is 346. The smallest absolute Gasteiger partial charge is 0.239 e. The van der Waals surface area contributed by atoms with E-state index in [9.17, 15) is 9.59 Å². The number of rotatable bonds is 6. The van der Waals surface area contributed by atoms with Gasteiger partial charge in [0, 0.05) is 32.1 Å². The van der Waals surface area contributed by atoms with Crippen LogP contribution in [0, 0.1) is 0 Å². The number of carbonyl (C=O) groups is 2. The van der Waals surface area contributed by atoms with Crippen molar-refractivity contribution in [1.29, 1.82) is 0 Å². The highest BCUT2D eigenvalue weighted by Gasteiger charge is 2.22. The summed E-state index contributed by atoms with van der Waals surface area (Å²) in [4.78, 5) is 27.3. The molecule has 0 aromatic heterocycles. The van der Waals surface area contributed by atoms with Gasteiger partial charge in [0.25, 0.3) is 0 Å². The van der Waals surface area contributed by atoms with E-state index < -0.39 is 0 Å². The topological polar surface area (TPSA) is 52.7 Å². The number of nitrogens with one attached hydrogen (secondary N) is 1. The van der Waals surface area contributed by atoms with Crippen molar-refractivity contribution in [3.05, 3.63) is 0 Å².